The molecule has 0 aromatic heterocycles. The van der Waals surface area contributed by atoms with Gasteiger partial charge in [-0.15, -0.1) is 0 Å². The number of alkyl halides is 3. The van der Waals surface area contributed by atoms with Crippen LogP contribution in [-0.4, -0.2) is 17.9 Å². The van der Waals surface area contributed by atoms with Gasteiger partial charge in [-0.25, -0.2) is 0 Å². The van der Waals surface area contributed by atoms with Gasteiger partial charge in [-0.2, -0.15) is 13.2 Å². The van der Waals surface area contributed by atoms with E-state index in [4.69, 9.17) is 11.5 Å². The Morgan fingerprint density at radius 3 is 2.19 bits per heavy atom. The van der Waals surface area contributed by atoms with Crippen LogP contribution in [0.3, 0.4) is 0 Å². The monoisotopic (exact) mass is 303 g/mol. The number of nitrogens with two attached hydrogens (primary N) is 2. The van der Waals surface area contributed by atoms with Crippen LogP contribution in [0.5, 0.6) is 0 Å². The number of carbonyl (C=O) groups is 2. The van der Waals surface area contributed by atoms with Gasteiger partial charge in [0.05, 0.1) is 24.1 Å². The molecule has 0 saturated carbocycles. The Morgan fingerprint density at radius 1 is 1.24 bits per heavy atom. The number of halogens is 3. The lowest BCUT2D eigenvalue weighted by atomic mass is 10.1. The fourth-order valence-electron chi connectivity index (χ4n) is 1.67. The molecule has 1 rings (SSSR count). The van der Waals surface area contributed by atoms with E-state index in [1.165, 1.54) is 12.1 Å². The molecule has 1 aromatic carbocycles. The molecule has 0 aliphatic carbocycles. The first-order valence-electron chi connectivity index (χ1n) is 6.12. The molecule has 2 amide bonds. The molecule has 0 fully saturated rings. The maximum Gasteiger partial charge on any atom is 0.416 e. The Bertz CT molecular complexity index is 514. The minimum Gasteiger partial charge on any atom is -0.370 e. The van der Waals surface area contributed by atoms with Crippen molar-refractivity contribution in [3.8, 4) is 0 Å². The van der Waals surface area contributed by atoms with Crippen LogP contribution in [0.15, 0.2) is 24.3 Å². The minimum absolute atomic E-state index is 0.300. The Labute approximate surface area is 119 Å². The predicted octanol–water partition coefficient (Wildman–Crippen LogP) is 1.09. The van der Waals surface area contributed by atoms with Crippen LogP contribution in [0.4, 0.5) is 13.2 Å². The molecule has 0 spiro atoms. The van der Waals surface area contributed by atoms with E-state index < -0.39 is 35.6 Å². The second kappa shape index (κ2) is 6.57. The third-order valence-electron chi connectivity index (χ3n) is 2.85. The molecular weight excluding hydrogens is 287 g/mol. The number of benzene rings is 1. The standard InChI is InChI=1S/C13H16F3N3O2/c1-7(19-12(21)10(17)6-11(18)20)8-2-4-9(5-3-8)13(14,15)16/h2-5,7,10H,6,17H2,1H3,(H2,18,20)(H,19,21). The Balaban J connectivity index is 2.69. The Kier molecular flexibility index (Phi) is 5.31. The SMILES string of the molecule is CC(NC(=O)C(N)CC(N)=O)c1ccc(C(F)(F)F)cc1. The second-order valence-electron chi connectivity index (χ2n) is 4.63. The zero-order chi connectivity index (χ0) is 16.2. The summed E-state index contributed by atoms with van der Waals surface area (Å²) in [5, 5.41) is 2.51. The first kappa shape index (κ1) is 17.0. The van der Waals surface area contributed by atoms with Crippen molar-refractivity contribution < 1.29 is 22.8 Å². The predicted molar refractivity (Wildman–Crippen MR) is 69.8 cm³/mol. The van der Waals surface area contributed by atoms with Crippen molar-refractivity contribution in [2.45, 2.75) is 31.6 Å². The Hall–Kier alpha value is -2.09. The summed E-state index contributed by atoms with van der Waals surface area (Å²) in [7, 11) is 0. The molecule has 0 saturated heterocycles. The third kappa shape index (κ3) is 5.07. The van der Waals surface area contributed by atoms with Gasteiger partial charge in [0.25, 0.3) is 0 Å². The number of nitrogens with one attached hydrogen (secondary N) is 1. The number of hydrogen-bond donors (Lipinski definition) is 3. The van der Waals surface area contributed by atoms with Crippen molar-refractivity contribution >= 4 is 11.8 Å². The van der Waals surface area contributed by atoms with E-state index >= 15 is 0 Å². The van der Waals surface area contributed by atoms with Crippen molar-refractivity contribution in [2.24, 2.45) is 11.5 Å². The lowest BCUT2D eigenvalue weighted by Gasteiger charge is -2.18. The van der Waals surface area contributed by atoms with E-state index in [9.17, 15) is 22.8 Å². The van der Waals surface area contributed by atoms with Gasteiger partial charge in [0, 0.05) is 0 Å². The van der Waals surface area contributed by atoms with Gasteiger partial charge < -0.3 is 16.8 Å². The number of amides is 2. The average molecular weight is 303 g/mol. The maximum atomic E-state index is 12.4. The van der Waals surface area contributed by atoms with E-state index in [-0.39, 0.29) is 6.42 Å². The van der Waals surface area contributed by atoms with E-state index in [0.717, 1.165) is 12.1 Å². The van der Waals surface area contributed by atoms with Crippen LogP contribution in [0.2, 0.25) is 0 Å². The zero-order valence-corrected chi connectivity index (χ0v) is 11.3. The van der Waals surface area contributed by atoms with Gasteiger partial charge >= 0.3 is 6.18 Å². The summed E-state index contributed by atoms with van der Waals surface area (Å²) >= 11 is 0. The van der Waals surface area contributed by atoms with Crippen molar-refractivity contribution in [1.82, 2.24) is 5.32 Å². The molecule has 2 atom stereocenters. The summed E-state index contributed by atoms with van der Waals surface area (Å²) in [5.41, 5.74) is 10.1. The zero-order valence-electron chi connectivity index (χ0n) is 11.3. The maximum absolute atomic E-state index is 12.4. The minimum atomic E-state index is -4.41. The molecule has 0 aliphatic heterocycles. The summed E-state index contributed by atoms with van der Waals surface area (Å²) in [6, 6.07) is 2.78. The van der Waals surface area contributed by atoms with E-state index in [1.807, 2.05) is 0 Å². The van der Waals surface area contributed by atoms with Crippen molar-refractivity contribution in [2.75, 3.05) is 0 Å². The van der Waals surface area contributed by atoms with Gasteiger partial charge in [-0.05, 0) is 24.6 Å². The highest BCUT2D eigenvalue weighted by Gasteiger charge is 2.30. The Morgan fingerprint density at radius 2 is 1.76 bits per heavy atom. The van der Waals surface area contributed by atoms with E-state index in [1.54, 1.807) is 6.92 Å². The summed E-state index contributed by atoms with van der Waals surface area (Å²) in [6.45, 7) is 1.59. The van der Waals surface area contributed by atoms with Crippen LogP contribution in [0.25, 0.3) is 0 Å². The number of rotatable bonds is 5. The molecule has 116 valence electrons. The summed E-state index contributed by atoms with van der Waals surface area (Å²) in [5.74, 6) is -1.30. The lowest BCUT2D eigenvalue weighted by molar-refractivity contribution is -0.137. The molecule has 8 heteroatoms. The molecule has 0 bridgehead atoms. The van der Waals surface area contributed by atoms with Gasteiger partial charge in [0.2, 0.25) is 11.8 Å². The van der Waals surface area contributed by atoms with Crippen LogP contribution >= 0.6 is 0 Å². The highest BCUT2D eigenvalue weighted by molar-refractivity contribution is 5.87. The number of primary amides is 1. The summed E-state index contributed by atoms with van der Waals surface area (Å²) in [4.78, 5) is 22.3. The topological polar surface area (TPSA) is 98.2 Å². The van der Waals surface area contributed by atoms with Crippen LogP contribution in [-0.2, 0) is 15.8 Å². The molecule has 2 unspecified atom stereocenters. The number of hydrogen-bond acceptors (Lipinski definition) is 3. The molecule has 1 aromatic rings. The molecule has 0 radical (unpaired) electrons. The van der Waals surface area contributed by atoms with Crippen LogP contribution in [0.1, 0.15) is 30.5 Å². The van der Waals surface area contributed by atoms with E-state index in [0.29, 0.717) is 5.56 Å². The van der Waals surface area contributed by atoms with Crippen molar-refractivity contribution in [1.29, 1.82) is 0 Å². The highest BCUT2D eigenvalue weighted by atomic mass is 19.4. The first-order valence-corrected chi connectivity index (χ1v) is 6.12. The molecular formula is C13H16F3N3O2. The van der Waals surface area contributed by atoms with Gasteiger partial charge in [-0.1, -0.05) is 12.1 Å². The van der Waals surface area contributed by atoms with Crippen LogP contribution in [0, 0.1) is 0 Å². The highest BCUT2D eigenvalue weighted by Crippen LogP contribution is 2.29. The largest absolute Gasteiger partial charge is 0.416 e. The van der Waals surface area contributed by atoms with Gasteiger partial charge in [0.15, 0.2) is 0 Å². The normalized spacial score (nSPS) is 14.3. The second-order valence-corrected chi connectivity index (χ2v) is 4.63. The van der Waals surface area contributed by atoms with Crippen molar-refractivity contribution in [3.63, 3.8) is 0 Å². The van der Waals surface area contributed by atoms with Crippen molar-refractivity contribution in [3.05, 3.63) is 35.4 Å². The average Bonchev–Trinajstić information content (AvgIpc) is 2.36. The number of carbonyl (C=O) groups excluding carboxylic acids is 2. The molecule has 5 nitrogen and oxygen atoms in total. The third-order valence-corrected chi connectivity index (χ3v) is 2.85. The fraction of sp³-hybridized carbons (Fsp3) is 0.385. The van der Waals surface area contributed by atoms with Crippen LogP contribution < -0.4 is 16.8 Å². The van der Waals surface area contributed by atoms with Gasteiger partial charge in [-0.3, -0.25) is 9.59 Å². The first-order chi connectivity index (χ1) is 9.61. The summed E-state index contributed by atoms with van der Waals surface area (Å²) in [6.07, 6.45) is -4.71. The molecule has 0 aliphatic rings. The molecule has 0 heterocycles. The summed E-state index contributed by atoms with van der Waals surface area (Å²) < 4.78 is 37.3. The van der Waals surface area contributed by atoms with E-state index in [2.05, 4.69) is 5.32 Å². The fourth-order valence-corrected chi connectivity index (χ4v) is 1.67. The smallest absolute Gasteiger partial charge is 0.370 e. The molecule has 5 N–H and O–H groups in total. The lowest BCUT2D eigenvalue weighted by Crippen LogP contribution is -2.43. The molecule has 21 heavy (non-hydrogen) atoms. The van der Waals surface area contributed by atoms with Gasteiger partial charge in [0.1, 0.15) is 0 Å². The quantitative estimate of drug-likeness (QED) is 0.759.